The molecule has 0 spiro atoms. The molecule has 0 unspecified atom stereocenters. The van der Waals surface area contributed by atoms with E-state index in [0.29, 0.717) is 61.0 Å². The first-order chi connectivity index (χ1) is 14.6. The van der Waals surface area contributed by atoms with Crippen molar-refractivity contribution < 1.29 is 18.3 Å². The number of halogens is 2. The van der Waals surface area contributed by atoms with E-state index < -0.39 is 5.82 Å². The molecule has 3 aromatic rings. The van der Waals surface area contributed by atoms with E-state index in [-0.39, 0.29) is 11.7 Å². The van der Waals surface area contributed by atoms with Crippen molar-refractivity contribution in [1.82, 2.24) is 9.78 Å². The molecular weight excluding hydrogens is 390 g/mol. The Morgan fingerprint density at radius 1 is 1.13 bits per heavy atom. The number of nitrogens with zero attached hydrogens (tertiary/aromatic N) is 3. The molecule has 0 aliphatic carbocycles. The molecule has 6 nitrogen and oxygen atoms in total. The van der Waals surface area contributed by atoms with Crippen molar-refractivity contribution >= 4 is 17.3 Å². The van der Waals surface area contributed by atoms with E-state index in [1.54, 1.807) is 28.9 Å². The molecule has 30 heavy (non-hydrogen) atoms. The number of anilines is 2. The minimum atomic E-state index is -0.396. The number of rotatable bonds is 5. The van der Waals surface area contributed by atoms with Crippen LogP contribution in [0.15, 0.2) is 48.7 Å². The first kappa shape index (κ1) is 20.0. The largest absolute Gasteiger partial charge is 0.378 e. The second-order valence-corrected chi connectivity index (χ2v) is 6.97. The highest BCUT2D eigenvalue weighted by Gasteiger charge is 2.19. The Bertz CT molecular complexity index is 1040. The van der Waals surface area contributed by atoms with Crippen LogP contribution in [0.3, 0.4) is 0 Å². The molecule has 1 N–H and O–H groups in total. The molecule has 0 bridgehead atoms. The van der Waals surface area contributed by atoms with Gasteiger partial charge in [-0.2, -0.15) is 5.10 Å². The second-order valence-electron chi connectivity index (χ2n) is 6.97. The summed E-state index contributed by atoms with van der Waals surface area (Å²) in [5.41, 5.74) is 2.60. The molecule has 0 saturated carbocycles. The predicted octanol–water partition coefficient (Wildman–Crippen LogP) is 3.80. The van der Waals surface area contributed by atoms with E-state index in [2.05, 4.69) is 10.4 Å². The summed E-state index contributed by atoms with van der Waals surface area (Å²) in [6, 6.07) is 10.6. The van der Waals surface area contributed by atoms with Crippen LogP contribution in [0.4, 0.5) is 20.2 Å². The van der Waals surface area contributed by atoms with Gasteiger partial charge in [0.2, 0.25) is 0 Å². The van der Waals surface area contributed by atoms with Crippen LogP contribution in [0.2, 0.25) is 0 Å². The Kier molecular flexibility index (Phi) is 5.76. The van der Waals surface area contributed by atoms with Gasteiger partial charge >= 0.3 is 0 Å². The molecule has 1 aliphatic heterocycles. The minimum Gasteiger partial charge on any atom is -0.378 e. The standard InChI is InChI=1S/C22H22F2N4O2/c1-2-20-18(14-25-28(20)17-6-3-15(23)4-7-17)22(29)26-16-5-8-21(19(24)13-16)27-9-11-30-12-10-27/h3-8,13-14H,2,9-12H2,1H3,(H,26,29). The van der Waals surface area contributed by atoms with Crippen LogP contribution in [0.25, 0.3) is 5.69 Å². The van der Waals surface area contributed by atoms with Gasteiger partial charge in [0.25, 0.3) is 5.91 Å². The van der Waals surface area contributed by atoms with Gasteiger partial charge < -0.3 is 15.0 Å². The summed E-state index contributed by atoms with van der Waals surface area (Å²) in [6.07, 6.45) is 2.01. The Labute approximate surface area is 173 Å². The van der Waals surface area contributed by atoms with E-state index >= 15 is 0 Å². The molecule has 1 saturated heterocycles. The van der Waals surface area contributed by atoms with Crippen molar-refractivity contribution in [3.63, 3.8) is 0 Å². The zero-order valence-corrected chi connectivity index (χ0v) is 16.6. The van der Waals surface area contributed by atoms with Gasteiger partial charge in [-0.25, -0.2) is 13.5 Å². The number of carbonyl (C=O) groups excluding carboxylic acids is 1. The van der Waals surface area contributed by atoms with E-state index in [4.69, 9.17) is 4.74 Å². The molecule has 4 rings (SSSR count). The number of nitrogens with one attached hydrogen (secondary N) is 1. The van der Waals surface area contributed by atoms with E-state index in [1.807, 2.05) is 11.8 Å². The molecule has 156 valence electrons. The third-order valence-corrected chi connectivity index (χ3v) is 5.08. The average molecular weight is 412 g/mol. The van der Waals surface area contributed by atoms with Gasteiger partial charge in [0, 0.05) is 18.8 Å². The smallest absolute Gasteiger partial charge is 0.259 e. The summed E-state index contributed by atoms with van der Waals surface area (Å²) in [5, 5.41) is 7.03. The molecule has 0 radical (unpaired) electrons. The van der Waals surface area contributed by atoms with Gasteiger partial charge in [-0.15, -0.1) is 0 Å². The van der Waals surface area contributed by atoms with Crippen molar-refractivity contribution in [3.05, 3.63) is 71.6 Å². The summed E-state index contributed by atoms with van der Waals surface area (Å²) >= 11 is 0. The van der Waals surface area contributed by atoms with Crippen molar-refractivity contribution in [2.75, 3.05) is 36.5 Å². The summed E-state index contributed by atoms with van der Waals surface area (Å²) in [4.78, 5) is 14.7. The van der Waals surface area contributed by atoms with Gasteiger partial charge in [-0.3, -0.25) is 4.79 Å². The van der Waals surface area contributed by atoms with Crippen molar-refractivity contribution in [3.8, 4) is 5.69 Å². The maximum absolute atomic E-state index is 14.6. The number of amides is 1. The van der Waals surface area contributed by atoms with Gasteiger partial charge in [-0.1, -0.05) is 6.92 Å². The zero-order valence-electron chi connectivity index (χ0n) is 16.6. The van der Waals surface area contributed by atoms with Crippen LogP contribution < -0.4 is 10.2 Å². The average Bonchev–Trinajstić information content (AvgIpc) is 3.19. The summed E-state index contributed by atoms with van der Waals surface area (Å²) in [5.74, 6) is -1.12. The van der Waals surface area contributed by atoms with Crippen molar-refractivity contribution in [1.29, 1.82) is 0 Å². The molecule has 8 heteroatoms. The van der Waals surface area contributed by atoms with E-state index in [1.165, 1.54) is 24.4 Å². The van der Waals surface area contributed by atoms with Gasteiger partial charge in [-0.05, 0) is 48.9 Å². The number of hydrogen-bond donors (Lipinski definition) is 1. The topological polar surface area (TPSA) is 59.4 Å². The number of ether oxygens (including phenoxy) is 1. The Morgan fingerprint density at radius 3 is 2.53 bits per heavy atom. The molecule has 2 heterocycles. The lowest BCUT2D eigenvalue weighted by Gasteiger charge is -2.29. The first-order valence-electron chi connectivity index (χ1n) is 9.83. The fourth-order valence-corrected chi connectivity index (χ4v) is 3.55. The third-order valence-electron chi connectivity index (χ3n) is 5.08. The Balaban J connectivity index is 1.54. The first-order valence-corrected chi connectivity index (χ1v) is 9.83. The Hall–Kier alpha value is -3.26. The summed E-state index contributed by atoms with van der Waals surface area (Å²) in [7, 11) is 0. The lowest BCUT2D eigenvalue weighted by atomic mass is 10.1. The van der Waals surface area contributed by atoms with E-state index in [0.717, 1.165) is 0 Å². The van der Waals surface area contributed by atoms with Gasteiger partial charge in [0.1, 0.15) is 11.6 Å². The lowest BCUT2D eigenvalue weighted by Crippen LogP contribution is -2.36. The lowest BCUT2D eigenvalue weighted by molar-refractivity contribution is 0.102. The fourth-order valence-electron chi connectivity index (χ4n) is 3.55. The van der Waals surface area contributed by atoms with Crippen LogP contribution in [-0.2, 0) is 11.2 Å². The van der Waals surface area contributed by atoms with Gasteiger partial charge in [0.15, 0.2) is 0 Å². The number of carbonyl (C=O) groups is 1. The number of aromatic nitrogens is 2. The molecule has 0 atom stereocenters. The second kappa shape index (κ2) is 8.62. The van der Waals surface area contributed by atoms with Crippen LogP contribution in [0.5, 0.6) is 0 Å². The SMILES string of the molecule is CCc1c(C(=O)Nc2ccc(N3CCOCC3)c(F)c2)cnn1-c1ccc(F)cc1. The summed E-state index contributed by atoms with van der Waals surface area (Å²) < 4.78 is 34.7. The maximum atomic E-state index is 14.6. The normalized spacial score (nSPS) is 14.0. The van der Waals surface area contributed by atoms with Crippen molar-refractivity contribution in [2.24, 2.45) is 0 Å². The van der Waals surface area contributed by atoms with Crippen LogP contribution >= 0.6 is 0 Å². The quantitative estimate of drug-likeness (QED) is 0.693. The monoisotopic (exact) mass is 412 g/mol. The van der Waals surface area contributed by atoms with Gasteiger partial charge in [0.05, 0.1) is 42.0 Å². The molecular formula is C22H22F2N4O2. The molecule has 1 fully saturated rings. The third kappa shape index (κ3) is 4.04. The highest BCUT2D eigenvalue weighted by Crippen LogP contribution is 2.25. The van der Waals surface area contributed by atoms with Crippen LogP contribution in [-0.4, -0.2) is 42.0 Å². The van der Waals surface area contributed by atoms with Crippen LogP contribution in [0, 0.1) is 11.6 Å². The highest BCUT2D eigenvalue weighted by atomic mass is 19.1. The fraction of sp³-hybridized carbons (Fsp3) is 0.273. The molecule has 1 aliphatic rings. The minimum absolute atomic E-state index is 0.343. The van der Waals surface area contributed by atoms with Crippen molar-refractivity contribution in [2.45, 2.75) is 13.3 Å². The zero-order chi connectivity index (χ0) is 21.1. The molecule has 2 aromatic carbocycles. The number of morpholine rings is 1. The van der Waals surface area contributed by atoms with E-state index in [9.17, 15) is 13.6 Å². The molecule has 1 amide bonds. The molecule has 1 aromatic heterocycles. The highest BCUT2D eigenvalue weighted by molar-refractivity contribution is 6.05. The number of hydrogen-bond acceptors (Lipinski definition) is 4. The summed E-state index contributed by atoms with van der Waals surface area (Å²) in [6.45, 7) is 4.30. The Morgan fingerprint density at radius 2 is 1.87 bits per heavy atom. The van der Waals surface area contributed by atoms with Crippen LogP contribution in [0.1, 0.15) is 23.0 Å². The number of benzene rings is 2. The maximum Gasteiger partial charge on any atom is 0.259 e. The predicted molar refractivity (Wildman–Crippen MR) is 110 cm³/mol.